The second kappa shape index (κ2) is 6.03. The van der Waals surface area contributed by atoms with Gasteiger partial charge in [0, 0.05) is 12.7 Å². The number of hydrogen-bond donors (Lipinski definition) is 0. The van der Waals surface area contributed by atoms with Crippen LogP contribution in [0.1, 0.15) is 26.3 Å². The van der Waals surface area contributed by atoms with Crippen molar-refractivity contribution in [2.75, 3.05) is 19.7 Å². The molecule has 118 valence electrons. The first kappa shape index (κ1) is 14.9. The van der Waals surface area contributed by atoms with E-state index in [0.717, 1.165) is 31.3 Å². The summed E-state index contributed by atoms with van der Waals surface area (Å²) in [6.07, 6.45) is 4.95. The summed E-state index contributed by atoms with van der Waals surface area (Å²) in [5.41, 5.74) is 1.65. The smallest absolute Gasteiger partial charge is 0.292 e. The predicted octanol–water partition coefficient (Wildman–Crippen LogP) is 3.24. The van der Waals surface area contributed by atoms with E-state index in [0.29, 0.717) is 12.0 Å². The first-order valence-electron chi connectivity index (χ1n) is 7.86. The van der Waals surface area contributed by atoms with Gasteiger partial charge in [0.15, 0.2) is 6.10 Å². The van der Waals surface area contributed by atoms with Gasteiger partial charge in [0.1, 0.15) is 12.4 Å². The fraction of sp³-hybridized carbons (Fsp3) is 0.500. The maximum atomic E-state index is 5.85. The molecule has 0 aliphatic carbocycles. The van der Waals surface area contributed by atoms with Gasteiger partial charge in [-0.25, -0.2) is 4.99 Å². The minimum atomic E-state index is 0.0490. The number of hydrogen-bond acceptors (Lipinski definition) is 4. The third-order valence-corrected chi connectivity index (χ3v) is 3.68. The lowest BCUT2D eigenvalue weighted by Crippen LogP contribution is -2.28. The molecule has 0 unspecified atom stereocenters. The van der Waals surface area contributed by atoms with Crippen LogP contribution in [0.25, 0.3) is 0 Å². The summed E-state index contributed by atoms with van der Waals surface area (Å²) in [4.78, 5) is 6.35. The molecule has 0 saturated carbocycles. The molecule has 1 aromatic rings. The van der Waals surface area contributed by atoms with Crippen LogP contribution in [-0.2, 0) is 11.2 Å². The summed E-state index contributed by atoms with van der Waals surface area (Å²) >= 11 is 0. The van der Waals surface area contributed by atoms with Crippen molar-refractivity contribution in [3.63, 3.8) is 0 Å². The van der Waals surface area contributed by atoms with Gasteiger partial charge < -0.3 is 14.4 Å². The van der Waals surface area contributed by atoms with E-state index in [1.807, 2.05) is 18.2 Å². The Bertz CT molecular complexity index is 570. The number of amidine groups is 1. The molecule has 4 nitrogen and oxygen atoms in total. The molecule has 0 aromatic heterocycles. The van der Waals surface area contributed by atoms with Crippen molar-refractivity contribution in [3.05, 3.63) is 42.1 Å². The second-order valence-electron chi connectivity index (χ2n) is 7.13. The molecule has 3 rings (SSSR count). The quantitative estimate of drug-likeness (QED) is 0.856. The van der Waals surface area contributed by atoms with Gasteiger partial charge in [-0.2, -0.15) is 0 Å². The molecule has 0 amide bonds. The molecule has 22 heavy (non-hydrogen) atoms. The van der Waals surface area contributed by atoms with Gasteiger partial charge >= 0.3 is 0 Å². The first-order valence-corrected chi connectivity index (χ1v) is 7.86. The molecular formula is C18H24N2O2. The summed E-state index contributed by atoms with van der Waals surface area (Å²) in [5.74, 6) is 0.895. The molecule has 1 saturated heterocycles. The van der Waals surface area contributed by atoms with Gasteiger partial charge in [-0.1, -0.05) is 32.9 Å². The van der Waals surface area contributed by atoms with E-state index in [-0.39, 0.29) is 6.10 Å². The van der Waals surface area contributed by atoms with Gasteiger partial charge in [0.25, 0.3) is 6.02 Å². The topological polar surface area (TPSA) is 34.1 Å². The molecule has 1 atom stereocenters. The lowest BCUT2D eigenvalue weighted by molar-refractivity contribution is 0.146. The Hall–Kier alpha value is -1.97. The van der Waals surface area contributed by atoms with Crippen molar-refractivity contribution < 1.29 is 9.47 Å². The Morgan fingerprint density at radius 1 is 1.27 bits per heavy atom. The zero-order chi connectivity index (χ0) is 15.6. The van der Waals surface area contributed by atoms with Gasteiger partial charge in [0.2, 0.25) is 0 Å². The highest BCUT2D eigenvalue weighted by atomic mass is 16.6. The highest BCUT2D eigenvalue weighted by Crippen LogP contribution is 2.23. The molecule has 2 aliphatic rings. The minimum Gasteiger partial charge on any atom is -0.490 e. The van der Waals surface area contributed by atoms with Crippen LogP contribution in [-0.4, -0.2) is 36.7 Å². The molecule has 0 radical (unpaired) electrons. The van der Waals surface area contributed by atoms with Crippen LogP contribution in [0.4, 0.5) is 0 Å². The monoisotopic (exact) mass is 300 g/mol. The summed E-state index contributed by atoms with van der Waals surface area (Å²) in [5, 5.41) is 0. The van der Waals surface area contributed by atoms with E-state index in [2.05, 4.69) is 42.8 Å². The molecule has 0 spiro atoms. The van der Waals surface area contributed by atoms with Crippen LogP contribution >= 0.6 is 0 Å². The molecule has 2 heterocycles. The van der Waals surface area contributed by atoms with Gasteiger partial charge in [-0.05, 0) is 35.6 Å². The number of fused-ring (bicyclic) bond motifs is 1. The van der Waals surface area contributed by atoms with E-state index >= 15 is 0 Å². The normalized spacial score (nSPS) is 20.4. The second-order valence-corrected chi connectivity index (χ2v) is 7.13. The van der Waals surface area contributed by atoms with Gasteiger partial charge in [-0.15, -0.1) is 0 Å². The lowest BCUT2D eigenvalue weighted by Gasteiger charge is -2.18. The number of nitrogens with zero attached hydrogens (tertiary/aromatic N) is 2. The molecule has 4 heteroatoms. The third kappa shape index (κ3) is 3.81. The molecular weight excluding hydrogens is 276 g/mol. The zero-order valence-corrected chi connectivity index (χ0v) is 13.6. The first-order chi connectivity index (χ1) is 10.5. The predicted molar refractivity (Wildman–Crippen MR) is 88.1 cm³/mol. The lowest BCUT2D eigenvalue weighted by atomic mass is 9.88. The Balaban J connectivity index is 1.50. The average molecular weight is 300 g/mol. The average Bonchev–Trinajstić information content (AvgIpc) is 2.88. The van der Waals surface area contributed by atoms with Crippen LogP contribution in [0.15, 0.2) is 41.5 Å². The fourth-order valence-electron chi connectivity index (χ4n) is 2.73. The van der Waals surface area contributed by atoms with Crippen molar-refractivity contribution in [1.82, 2.24) is 4.90 Å². The molecule has 0 N–H and O–H groups in total. The SMILES string of the molecule is CC(C)(C)Cc1ccc(OC[C@@H]2CN3CC=CN=C3O2)cc1. The van der Waals surface area contributed by atoms with Gasteiger partial charge in [-0.3, -0.25) is 0 Å². The van der Waals surface area contributed by atoms with Crippen molar-refractivity contribution >= 4 is 6.02 Å². The Kier molecular flexibility index (Phi) is 4.10. The van der Waals surface area contributed by atoms with Crippen molar-refractivity contribution in [2.45, 2.75) is 33.3 Å². The van der Waals surface area contributed by atoms with Gasteiger partial charge in [0.05, 0.1) is 6.54 Å². The van der Waals surface area contributed by atoms with E-state index in [4.69, 9.17) is 9.47 Å². The largest absolute Gasteiger partial charge is 0.490 e. The minimum absolute atomic E-state index is 0.0490. The Morgan fingerprint density at radius 3 is 2.73 bits per heavy atom. The number of rotatable bonds is 4. The molecule has 1 aromatic carbocycles. The van der Waals surface area contributed by atoms with E-state index in [1.54, 1.807) is 6.20 Å². The number of aliphatic imine (C=N–C) groups is 1. The van der Waals surface area contributed by atoms with Crippen LogP contribution in [0, 0.1) is 5.41 Å². The fourth-order valence-corrected chi connectivity index (χ4v) is 2.73. The van der Waals surface area contributed by atoms with E-state index in [1.165, 1.54) is 5.56 Å². The van der Waals surface area contributed by atoms with E-state index in [9.17, 15) is 0 Å². The maximum Gasteiger partial charge on any atom is 0.292 e. The molecule has 2 aliphatic heterocycles. The molecule has 0 bridgehead atoms. The standard InChI is InChI=1S/C18H24N2O2/c1-18(2,3)11-14-5-7-15(8-6-14)21-13-16-12-20-10-4-9-19-17(20)22-16/h4-9,16H,10-13H2,1-3H3/t16-/m0/s1. The van der Waals surface area contributed by atoms with Crippen LogP contribution in [0.3, 0.4) is 0 Å². The summed E-state index contributed by atoms with van der Waals surface area (Å²) in [6, 6.07) is 9.10. The van der Waals surface area contributed by atoms with Crippen molar-refractivity contribution in [1.29, 1.82) is 0 Å². The van der Waals surface area contributed by atoms with Crippen molar-refractivity contribution in [3.8, 4) is 5.75 Å². The summed E-state index contributed by atoms with van der Waals surface area (Å²) in [7, 11) is 0. The highest BCUT2D eigenvalue weighted by Gasteiger charge is 2.30. The van der Waals surface area contributed by atoms with Crippen LogP contribution in [0.2, 0.25) is 0 Å². The van der Waals surface area contributed by atoms with Crippen LogP contribution < -0.4 is 4.74 Å². The van der Waals surface area contributed by atoms with E-state index < -0.39 is 0 Å². The summed E-state index contributed by atoms with van der Waals surface area (Å²) < 4.78 is 11.6. The summed E-state index contributed by atoms with van der Waals surface area (Å²) in [6.45, 7) is 9.01. The number of benzene rings is 1. The Labute approximate surface area is 132 Å². The third-order valence-electron chi connectivity index (χ3n) is 3.68. The zero-order valence-electron chi connectivity index (χ0n) is 13.6. The highest BCUT2D eigenvalue weighted by molar-refractivity contribution is 5.77. The molecule has 1 fully saturated rings. The Morgan fingerprint density at radius 2 is 2.05 bits per heavy atom. The number of ether oxygens (including phenoxy) is 2. The maximum absolute atomic E-state index is 5.85. The van der Waals surface area contributed by atoms with Crippen LogP contribution in [0.5, 0.6) is 5.75 Å². The van der Waals surface area contributed by atoms with Crippen molar-refractivity contribution in [2.24, 2.45) is 10.4 Å².